The van der Waals surface area contributed by atoms with E-state index in [2.05, 4.69) is 50.0 Å². The molecule has 19 heavy (non-hydrogen) atoms. The van der Waals surface area contributed by atoms with Crippen LogP contribution in [0, 0.1) is 5.92 Å². The Bertz CT molecular complexity index is 429. The van der Waals surface area contributed by atoms with Crippen LogP contribution >= 0.6 is 11.6 Å². The van der Waals surface area contributed by atoms with Crippen molar-refractivity contribution < 1.29 is 0 Å². The minimum atomic E-state index is 0.173. The maximum Gasteiger partial charge on any atom is 0.0451 e. The van der Waals surface area contributed by atoms with E-state index in [1.807, 2.05) is 12.1 Å². The summed E-state index contributed by atoms with van der Waals surface area (Å²) in [4.78, 5) is 2.57. The largest absolute Gasteiger partial charge is 0.309 e. The van der Waals surface area contributed by atoms with Crippen LogP contribution in [0.4, 0.5) is 0 Å². The van der Waals surface area contributed by atoms with Crippen LogP contribution in [0.3, 0.4) is 0 Å². The van der Waals surface area contributed by atoms with Gasteiger partial charge >= 0.3 is 0 Å². The van der Waals surface area contributed by atoms with Crippen LogP contribution in [0.1, 0.15) is 33.3 Å². The summed E-state index contributed by atoms with van der Waals surface area (Å²) in [6, 6.07) is 8.75. The summed E-state index contributed by atoms with van der Waals surface area (Å²) in [7, 11) is 0. The van der Waals surface area contributed by atoms with E-state index < -0.39 is 0 Å². The maximum absolute atomic E-state index is 6.30. The monoisotopic (exact) mass is 280 g/mol. The quantitative estimate of drug-likeness (QED) is 0.911. The number of hydrogen-bond acceptors (Lipinski definition) is 2. The van der Waals surface area contributed by atoms with Crippen molar-refractivity contribution in [3.05, 3.63) is 34.9 Å². The fourth-order valence-corrected chi connectivity index (χ4v) is 3.06. The highest BCUT2D eigenvalue weighted by atomic mass is 35.5. The van der Waals surface area contributed by atoms with Gasteiger partial charge in [0.25, 0.3) is 0 Å². The zero-order chi connectivity index (χ0) is 14.0. The van der Waals surface area contributed by atoms with E-state index in [1.165, 1.54) is 5.56 Å². The summed E-state index contributed by atoms with van der Waals surface area (Å²) in [5, 5.41) is 4.52. The summed E-state index contributed by atoms with van der Waals surface area (Å²) in [5.41, 5.74) is 1.40. The lowest BCUT2D eigenvalue weighted by molar-refractivity contribution is 0.0628. The molecule has 0 radical (unpaired) electrons. The molecule has 1 aliphatic heterocycles. The summed E-state index contributed by atoms with van der Waals surface area (Å²) in [6.07, 6.45) is 0. The fourth-order valence-electron chi connectivity index (χ4n) is 2.87. The molecule has 0 aromatic heterocycles. The van der Waals surface area contributed by atoms with Crippen LogP contribution in [0.25, 0.3) is 0 Å². The van der Waals surface area contributed by atoms with Crippen LogP contribution in [0.15, 0.2) is 24.3 Å². The first-order chi connectivity index (χ1) is 8.89. The molecule has 1 aromatic rings. The number of hydrogen-bond donors (Lipinski definition) is 1. The lowest BCUT2D eigenvalue weighted by Crippen LogP contribution is -2.62. The van der Waals surface area contributed by atoms with Gasteiger partial charge < -0.3 is 5.32 Å². The molecule has 1 heterocycles. The minimum absolute atomic E-state index is 0.173. The van der Waals surface area contributed by atoms with Crippen LogP contribution in [0.5, 0.6) is 0 Å². The van der Waals surface area contributed by atoms with E-state index >= 15 is 0 Å². The van der Waals surface area contributed by atoms with E-state index in [0.29, 0.717) is 12.0 Å². The van der Waals surface area contributed by atoms with Gasteiger partial charge in [-0.3, -0.25) is 4.90 Å². The molecule has 0 spiro atoms. The molecule has 1 aromatic carbocycles. The van der Waals surface area contributed by atoms with Gasteiger partial charge in [-0.15, -0.1) is 0 Å². The molecule has 1 saturated heterocycles. The Balaban J connectivity index is 2.16. The van der Waals surface area contributed by atoms with Crippen molar-refractivity contribution in [3.63, 3.8) is 0 Å². The van der Waals surface area contributed by atoms with Crippen molar-refractivity contribution in [1.82, 2.24) is 10.2 Å². The van der Waals surface area contributed by atoms with Gasteiger partial charge in [0, 0.05) is 36.2 Å². The maximum atomic E-state index is 6.30. The summed E-state index contributed by atoms with van der Waals surface area (Å²) in [5.74, 6) is 0.645. The summed E-state index contributed by atoms with van der Waals surface area (Å²) in [6.45, 7) is 12.2. The first kappa shape index (κ1) is 14.8. The Morgan fingerprint density at radius 1 is 1.37 bits per heavy atom. The molecule has 0 amide bonds. The van der Waals surface area contributed by atoms with Crippen LogP contribution in [0.2, 0.25) is 5.02 Å². The Morgan fingerprint density at radius 2 is 2.05 bits per heavy atom. The molecule has 3 heteroatoms. The van der Waals surface area contributed by atoms with Crippen LogP contribution in [-0.4, -0.2) is 29.6 Å². The second-order valence-corrected chi connectivity index (χ2v) is 6.98. The minimum Gasteiger partial charge on any atom is -0.309 e. The first-order valence-corrected chi connectivity index (χ1v) is 7.49. The normalized spacial score (nSPS) is 23.8. The molecule has 106 valence electrons. The third-order valence-electron chi connectivity index (χ3n) is 3.96. The number of nitrogens with zero attached hydrogens (tertiary/aromatic N) is 1. The molecular weight excluding hydrogens is 256 g/mol. The predicted molar refractivity (Wildman–Crippen MR) is 82.6 cm³/mol. The number of benzene rings is 1. The highest BCUT2D eigenvalue weighted by molar-refractivity contribution is 6.31. The van der Waals surface area contributed by atoms with E-state index in [9.17, 15) is 0 Å². The first-order valence-electron chi connectivity index (χ1n) is 7.11. The highest BCUT2D eigenvalue weighted by Crippen LogP contribution is 2.25. The molecule has 1 N–H and O–H groups in total. The SMILES string of the molecule is CC(C)C1CNC(C)(C)CN1Cc1ccccc1Cl. The van der Waals surface area contributed by atoms with Crippen molar-refractivity contribution in [2.45, 2.75) is 45.8 Å². The molecule has 1 aliphatic rings. The topological polar surface area (TPSA) is 15.3 Å². The second kappa shape index (κ2) is 5.82. The van der Waals surface area contributed by atoms with Crippen LogP contribution < -0.4 is 5.32 Å². The van der Waals surface area contributed by atoms with Crippen molar-refractivity contribution in [2.75, 3.05) is 13.1 Å². The van der Waals surface area contributed by atoms with Crippen molar-refractivity contribution in [1.29, 1.82) is 0 Å². The fraction of sp³-hybridized carbons (Fsp3) is 0.625. The molecule has 0 bridgehead atoms. The number of nitrogens with one attached hydrogen (secondary N) is 1. The zero-order valence-corrected chi connectivity index (χ0v) is 13.2. The Labute approximate surface area is 122 Å². The highest BCUT2D eigenvalue weighted by Gasteiger charge is 2.33. The van der Waals surface area contributed by atoms with E-state index in [4.69, 9.17) is 11.6 Å². The van der Waals surface area contributed by atoms with Crippen molar-refractivity contribution >= 4 is 11.6 Å². The number of halogens is 1. The molecule has 2 rings (SSSR count). The van der Waals surface area contributed by atoms with Crippen LogP contribution in [-0.2, 0) is 6.54 Å². The Morgan fingerprint density at radius 3 is 2.68 bits per heavy atom. The molecule has 1 atom stereocenters. The van der Waals surface area contributed by atoms with Gasteiger partial charge in [0.05, 0.1) is 0 Å². The second-order valence-electron chi connectivity index (χ2n) is 6.57. The van der Waals surface area contributed by atoms with Gasteiger partial charge in [-0.2, -0.15) is 0 Å². The zero-order valence-electron chi connectivity index (χ0n) is 12.4. The molecular formula is C16H25ClN2. The summed E-state index contributed by atoms with van der Waals surface area (Å²) < 4.78 is 0. The number of rotatable bonds is 3. The predicted octanol–water partition coefficient (Wildman–Crippen LogP) is 3.55. The smallest absolute Gasteiger partial charge is 0.0451 e. The van der Waals surface area contributed by atoms with E-state index in [0.717, 1.165) is 24.7 Å². The molecule has 2 nitrogen and oxygen atoms in total. The Kier molecular flexibility index (Phi) is 4.54. The molecule has 0 aliphatic carbocycles. The van der Waals surface area contributed by atoms with Gasteiger partial charge in [0.2, 0.25) is 0 Å². The van der Waals surface area contributed by atoms with Gasteiger partial charge in [-0.25, -0.2) is 0 Å². The van der Waals surface area contributed by atoms with Gasteiger partial charge in [0.15, 0.2) is 0 Å². The van der Waals surface area contributed by atoms with Crippen molar-refractivity contribution in [2.24, 2.45) is 5.92 Å². The van der Waals surface area contributed by atoms with Crippen molar-refractivity contribution in [3.8, 4) is 0 Å². The third kappa shape index (κ3) is 3.71. The summed E-state index contributed by atoms with van der Waals surface area (Å²) >= 11 is 6.30. The molecule has 1 unspecified atom stereocenters. The average molecular weight is 281 g/mol. The molecule has 1 fully saturated rings. The van der Waals surface area contributed by atoms with E-state index in [1.54, 1.807) is 0 Å². The van der Waals surface area contributed by atoms with E-state index in [-0.39, 0.29) is 5.54 Å². The lowest BCUT2D eigenvalue weighted by atomic mass is 9.92. The molecule has 0 saturated carbocycles. The average Bonchev–Trinajstić information content (AvgIpc) is 2.30. The Hall–Kier alpha value is -0.570. The lowest BCUT2D eigenvalue weighted by Gasteiger charge is -2.46. The number of piperazine rings is 1. The van der Waals surface area contributed by atoms with Gasteiger partial charge in [-0.1, -0.05) is 43.6 Å². The van der Waals surface area contributed by atoms with Gasteiger partial charge in [0.1, 0.15) is 0 Å². The van der Waals surface area contributed by atoms with Gasteiger partial charge in [-0.05, 0) is 31.4 Å². The third-order valence-corrected chi connectivity index (χ3v) is 4.33. The standard InChI is InChI=1S/C16H25ClN2/c1-12(2)15-9-18-16(3,4)11-19(15)10-13-7-5-6-8-14(13)17/h5-8,12,15,18H,9-11H2,1-4H3.